The molecule has 0 saturated carbocycles. The number of aromatic nitrogens is 3. The average Bonchev–Trinajstić information content (AvgIpc) is 3.21. The topological polar surface area (TPSA) is 103 Å². The number of carbonyl (C=O) groups excluding carboxylic acids is 1. The van der Waals surface area contributed by atoms with Crippen molar-refractivity contribution in [3.05, 3.63) is 41.5 Å². The Morgan fingerprint density at radius 2 is 2.04 bits per heavy atom. The predicted molar refractivity (Wildman–Crippen MR) is 89.2 cm³/mol. The van der Waals surface area contributed by atoms with Crippen molar-refractivity contribution in [1.29, 1.82) is 0 Å². The molecule has 1 amide bonds. The Morgan fingerprint density at radius 3 is 2.80 bits per heavy atom. The predicted octanol–water partition coefficient (Wildman–Crippen LogP) is 2.79. The van der Waals surface area contributed by atoms with Crippen LogP contribution in [0.25, 0.3) is 11.5 Å². The first-order valence-corrected chi connectivity index (χ1v) is 7.83. The summed E-state index contributed by atoms with van der Waals surface area (Å²) in [4.78, 5) is 16.5. The van der Waals surface area contributed by atoms with Crippen LogP contribution in [-0.4, -0.2) is 28.3 Å². The van der Waals surface area contributed by atoms with Crippen molar-refractivity contribution in [3.8, 4) is 17.2 Å². The number of hydrogen-bond acceptors (Lipinski definition) is 7. The standard InChI is InChI=1S/C17H18N4O4/c1-4-12-16(10(2)20-24-12)17-19-14(21-25-17)9-15(22)18-11-7-5-6-8-13(11)23-3/h5-8H,4,9H2,1-3H3,(H,18,22). The summed E-state index contributed by atoms with van der Waals surface area (Å²) in [6.45, 7) is 3.75. The van der Waals surface area contributed by atoms with E-state index in [1.165, 1.54) is 0 Å². The van der Waals surface area contributed by atoms with Crippen molar-refractivity contribution in [1.82, 2.24) is 15.3 Å². The van der Waals surface area contributed by atoms with Gasteiger partial charge >= 0.3 is 0 Å². The Balaban J connectivity index is 1.73. The first-order chi connectivity index (χ1) is 12.1. The van der Waals surface area contributed by atoms with Crippen LogP contribution in [0.15, 0.2) is 33.3 Å². The molecular weight excluding hydrogens is 324 g/mol. The minimum atomic E-state index is -0.269. The van der Waals surface area contributed by atoms with Crippen molar-refractivity contribution in [2.45, 2.75) is 26.7 Å². The highest BCUT2D eigenvalue weighted by Crippen LogP contribution is 2.26. The highest BCUT2D eigenvalue weighted by Gasteiger charge is 2.21. The molecule has 0 fully saturated rings. The molecule has 1 N–H and O–H groups in total. The van der Waals surface area contributed by atoms with E-state index in [2.05, 4.69) is 20.6 Å². The number of hydrogen-bond donors (Lipinski definition) is 1. The minimum Gasteiger partial charge on any atom is -0.495 e. The Hall–Kier alpha value is -3.16. The Kier molecular flexibility index (Phi) is 4.78. The number of nitrogens with zero attached hydrogens (tertiary/aromatic N) is 3. The van der Waals surface area contributed by atoms with Crippen LogP contribution in [0.4, 0.5) is 5.69 Å². The third-order valence-electron chi connectivity index (χ3n) is 3.64. The van der Waals surface area contributed by atoms with Gasteiger partial charge in [0.05, 0.1) is 24.9 Å². The zero-order valence-electron chi connectivity index (χ0n) is 14.2. The van der Waals surface area contributed by atoms with E-state index in [0.717, 1.165) is 0 Å². The highest BCUT2D eigenvalue weighted by atomic mass is 16.5. The summed E-state index contributed by atoms with van der Waals surface area (Å²) in [7, 11) is 1.54. The van der Waals surface area contributed by atoms with Crippen molar-refractivity contribution in [3.63, 3.8) is 0 Å². The number of ether oxygens (including phenoxy) is 1. The summed E-state index contributed by atoms with van der Waals surface area (Å²) < 4.78 is 15.7. The second kappa shape index (κ2) is 7.16. The molecule has 0 unspecified atom stereocenters. The molecule has 0 bridgehead atoms. The number of amides is 1. The average molecular weight is 342 g/mol. The number of para-hydroxylation sites is 2. The lowest BCUT2D eigenvalue weighted by atomic mass is 10.1. The van der Waals surface area contributed by atoms with E-state index in [-0.39, 0.29) is 18.2 Å². The molecule has 2 aromatic heterocycles. The summed E-state index contributed by atoms with van der Waals surface area (Å²) in [5.41, 5.74) is 1.94. The molecule has 0 spiro atoms. The fourth-order valence-corrected chi connectivity index (χ4v) is 2.45. The first-order valence-electron chi connectivity index (χ1n) is 7.83. The SMILES string of the molecule is CCc1onc(C)c1-c1nc(CC(=O)Nc2ccccc2OC)no1. The van der Waals surface area contributed by atoms with Gasteiger partial charge in [-0.15, -0.1) is 0 Å². The Morgan fingerprint density at radius 1 is 1.24 bits per heavy atom. The molecule has 0 radical (unpaired) electrons. The van der Waals surface area contributed by atoms with Crippen LogP contribution in [0.3, 0.4) is 0 Å². The van der Waals surface area contributed by atoms with Crippen LogP contribution in [-0.2, 0) is 17.6 Å². The van der Waals surface area contributed by atoms with Gasteiger partial charge in [-0.1, -0.05) is 29.4 Å². The molecule has 0 atom stereocenters. The third kappa shape index (κ3) is 3.52. The zero-order valence-corrected chi connectivity index (χ0v) is 14.2. The Labute approximate surface area is 144 Å². The lowest BCUT2D eigenvalue weighted by Crippen LogP contribution is -2.15. The van der Waals surface area contributed by atoms with Crippen molar-refractivity contribution in [2.24, 2.45) is 0 Å². The minimum absolute atomic E-state index is 0.0205. The lowest BCUT2D eigenvalue weighted by Gasteiger charge is -2.08. The van der Waals surface area contributed by atoms with Gasteiger partial charge in [0.25, 0.3) is 5.89 Å². The number of methoxy groups -OCH3 is 1. The van der Waals surface area contributed by atoms with Gasteiger partial charge < -0.3 is 19.1 Å². The number of benzene rings is 1. The summed E-state index contributed by atoms with van der Waals surface area (Å²) in [6, 6.07) is 7.16. The third-order valence-corrected chi connectivity index (χ3v) is 3.64. The van der Waals surface area contributed by atoms with Crippen molar-refractivity contribution < 1.29 is 18.6 Å². The van der Waals surface area contributed by atoms with Gasteiger partial charge in [0.1, 0.15) is 17.1 Å². The molecular formula is C17H18N4O4. The molecule has 3 rings (SSSR count). The second-order valence-corrected chi connectivity index (χ2v) is 5.36. The number of carbonyl (C=O) groups is 1. The number of rotatable bonds is 6. The molecule has 0 aliphatic carbocycles. The van der Waals surface area contributed by atoms with E-state index in [1.54, 1.807) is 26.2 Å². The molecule has 1 aromatic carbocycles. The number of anilines is 1. The van der Waals surface area contributed by atoms with E-state index < -0.39 is 0 Å². The van der Waals surface area contributed by atoms with Gasteiger partial charge in [0.15, 0.2) is 5.82 Å². The van der Waals surface area contributed by atoms with Crippen LogP contribution >= 0.6 is 0 Å². The van der Waals surface area contributed by atoms with Crippen molar-refractivity contribution >= 4 is 11.6 Å². The van der Waals surface area contributed by atoms with Crippen LogP contribution in [0.1, 0.15) is 24.2 Å². The maximum Gasteiger partial charge on any atom is 0.263 e. The summed E-state index contributed by atoms with van der Waals surface area (Å²) in [5.74, 6) is 1.57. The number of aryl methyl sites for hydroxylation is 2. The van der Waals surface area contributed by atoms with E-state index in [0.29, 0.717) is 40.8 Å². The Bertz CT molecular complexity index is 884. The lowest BCUT2D eigenvalue weighted by molar-refractivity contribution is -0.115. The number of nitrogens with one attached hydrogen (secondary N) is 1. The smallest absolute Gasteiger partial charge is 0.263 e. The summed E-state index contributed by atoms with van der Waals surface area (Å²) >= 11 is 0. The highest BCUT2D eigenvalue weighted by molar-refractivity contribution is 5.93. The molecule has 3 aromatic rings. The normalized spacial score (nSPS) is 10.7. The largest absolute Gasteiger partial charge is 0.495 e. The quantitative estimate of drug-likeness (QED) is 0.734. The zero-order chi connectivity index (χ0) is 17.8. The van der Waals surface area contributed by atoms with E-state index in [1.807, 2.05) is 19.1 Å². The molecule has 0 aliphatic rings. The first kappa shape index (κ1) is 16.7. The van der Waals surface area contributed by atoms with E-state index in [4.69, 9.17) is 13.8 Å². The van der Waals surface area contributed by atoms with Crippen LogP contribution in [0.5, 0.6) is 5.75 Å². The van der Waals surface area contributed by atoms with Gasteiger partial charge in [0, 0.05) is 6.42 Å². The van der Waals surface area contributed by atoms with Gasteiger partial charge in [0.2, 0.25) is 5.91 Å². The molecule has 25 heavy (non-hydrogen) atoms. The van der Waals surface area contributed by atoms with Crippen molar-refractivity contribution in [2.75, 3.05) is 12.4 Å². The van der Waals surface area contributed by atoms with Gasteiger partial charge in [-0.3, -0.25) is 4.79 Å². The fourth-order valence-electron chi connectivity index (χ4n) is 2.45. The van der Waals surface area contributed by atoms with Crippen LogP contribution < -0.4 is 10.1 Å². The van der Waals surface area contributed by atoms with Crippen LogP contribution in [0, 0.1) is 6.92 Å². The monoisotopic (exact) mass is 342 g/mol. The van der Waals surface area contributed by atoms with Crippen LogP contribution in [0.2, 0.25) is 0 Å². The molecule has 0 saturated heterocycles. The van der Waals surface area contributed by atoms with Gasteiger partial charge in [-0.05, 0) is 19.1 Å². The summed E-state index contributed by atoms with van der Waals surface area (Å²) in [6.07, 6.45) is 0.634. The van der Waals surface area contributed by atoms with Gasteiger partial charge in [-0.2, -0.15) is 4.98 Å². The fraction of sp³-hybridized carbons (Fsp3) is 0.294. The van der Waals surface area contributed by atoms with E-state index in [9.17, 15) is 4.79 Å². The molecule has 2 heterocycles. The van der Waals surface area contributed by atoms with Gasteiger partial charge in [-0.25, -0.2) is 0 Å². The molecule has 8 nitrogen and oxygen atoms in total. The molecule has 8 heteroatoms. The molecule has 130 valence electrons. The molecule has 0 aliphatic heterocycles. The van der Waals surface area contributed by atoms with E-state index >= 15 is 0 Å². The maximum absolute atomic E-state index is 12.2. The maximum atomic E-state index is 12.2. The summed E-state index contributed by atoms with van der Waals surface area (Å²) in [5, 5.41) is 10.5. The second-order valence-electron chi connectivity index (χ2n) is 5.36.